The number of halogens is 2. The van der Waals surface area contributed by atoms with E-state index in [1.54, 1.807) is 11.8 Å². The summed E-state index contributed by atoms with van der Waals surface area (Å²) in [7, 11) is 0. The second-order valence-electron chi connectivity index (χ2n) is 3.74. The van der Waals surface area contributed by atoms with E-state index in [0.29, 0.717) is 19.7 Å². The van der Waals surface area contributed by atoms with Gasteiger partial charge in [-0.25, -0.2) is 8.78 Å². The minimum Gasteiger partial charge on any atom is -0.466 e. The number of carbonyl (C=O) groups excluding carboxylic acids is 1. The minimum atomic E-state index is -2.33. The zero-order valence-electron chi connectivity index (χ0n) is 8.92. The summed E-state index contributed by atoms with van der Waals surface area (Å²) in [5, 5.41) is 0. The average Bonchev–Trinajstić information content (AvgIpc) is 2.17. The lowest BCUT2D eigenvalue weighted by Crippen LogP contribution is -2.41. The lowest BCUT2D eigenvalue weighted by molar-refractivity contribution is -0.150. The lowest BCUT2D eigenvalue weighted by atomic mass is 9.98. The van der Waals surface area contributed by atoms with Gasteiger partial charge in [-0.1, -0.05) is 0 Å². The normalized spacial score (nSPS) is 23.1. The van der Waals surface area contributed by atoms with Crippen LogP contribution in [0.4, 0.5) is 8.78 Å². The Kier molecular flexibility index (Phi) is 4.94. The maximum absolute atomic E-state index is 12.1. The van der Waals surface area contributed by atoms with E-state index in [0.717, 1.165) is 12.8 Å². The molecule has 88 valence electrons. The van der Waals surface area contributed by atoms with Crippen LogP contribution in [0.3, 0.4) is 0 Å². The Morgan fingerprint density at radius 3 is 2.93 bits per heavy atom. The van der Waals surface area contributed by atoms with Gasteiger partial charge in [0.05, 0.1) is 19.1 Å². The largest absolute Gasteiger partial charge is 0.466 e. The van der Waals surface area contributed by atoms with E-state index in [4.69, 9.17) is 4.74 Å². The summed E-state index contributed by atoms with van der Waals surface area (Å²) in [6.07, 6.45) is -0.791. The zero-order valence-corrected chi connectivity index (χ0v) is 8.92. The van der Waals surface area contributed by atoms with Crippen molar-refractivity contribution >= 4 is 5.97 Å². The molecule has 1 rings (SSSR count). The first-order valence-electron chi connectivity index (χ1n) is 5.30. The molecule has 0 bridgehead atoms. The van der Waals surface area contributed by atoms with Crippen LogP contribution >= 0.6 is 0 Å². The second-order valence-corrected chi connectivity index (χ2v) is 3.74. The van der Waals surface area contributed by atoms with Crippen molar-refractivity contribution in [3.63, 3.8) is 0 Å². The van der Waals surface area contributed by atoms with Gasteiger partial charge in [0, 0.05) is 6.54 Å². The van der Waals surface area contributed by atoms with Crippen LogP contribution in [0, 0.1) is 5.92 Å². The Morgan fingerprint density at radius 1 is 1.60 bits per heavy atom. The molecule has 1 saturated heterocycles. The molecule has 3 nitrogen and oxygen atoms in total. The predicted molar refractivity (Wildman–Crippen MR) is 51.8 cm³/mol. The van der Waals surface area contributed by atoms with Crippen LogP contribution < -0.4 is 0 Å². The van der Waals surface area contributed by atoms with Crippen LogP contribution in [0.1, 0.15) is 19.8 Å². The van der Waals surface area contributed by atoms with Crippen LogP contribution in [0.5, 0.6) is 0 Å². The molecule has 1 fully saturated rings. The number of rotatable bonds is 4. The van der Waals surface area contributed by atoms with Crippen molar-refractivity contribution in [2.75, 3.05) is 26.2 Å². The topological polar surface area (TPSA) is 29.5 Å². The van der Waals surface area contributed by atoms with E-state index in [1.807, 2.05) is 0 Å². The highest BCUT2D eigenvalue weighted by Gasteiger charge is 2.27. The molecule has 0 spiro atoms. The molecule has 0 aliphatic carbocycles. The maximum Gasteiger partial charge on any atom is 0.310 e. The molecule has 0 unspecified atom stereocenters. The van der Waals surface area contributed by atoms with Gasteiger partial charge in [0.2, 0.25) is 0 Å². The Bertz CT molecular complexity index is 212. The third-order valence-corrected chi connectivity index (χ3v) is 2.52. The Labute approximate surface area is 88.4 Å². The van der Waals surface area contributed by atoms with Crippen LogP contribution in [-0.4, -0.2) is 43.5 Å². The van der Waals surface area contributed by atoms with Gasteiger partial charge < -0.3 is 4.74 Å². The van der Waals surface area contributed by atoms with Gasteiger partial charge in [0.1, 0.15) is 0 Å². The highest BCUT2D eigenvalue weighted by molar-refractivity contribution is 5.72. The van der Waals surface area contributed by atoms with Gasteiger partial charge >= 0.3 is 5.97 Å². The molecule has 0 saturated carbocycles. The number of alkyl halides is 2. The molecule has 15 heavy (non-hydrogen) atoms. The number of hydrogen-bond donors (Lipinski definition) is 0. The van der Waals surface area contributed by atoms with E-state index in [2.05, 4.69) is 0 Å². The number of piperidine rings is 1. The van der Waals surface area contributed by atoms with E-state index >= 15 is 0 Å². The summed E-state index contributed by atoms with van der Waals surface area (Å²) >= 11 is 0. The molecule has 0 aromatic rings. The van der Waals surface area contributed by atoms with Gasteiger partial charge in [-0.3, -0.25) is 9.69 Å². The molecular weight excluding hydrogens is 204 g/mol. The van der Waals surface area contributed by atoms with Crippen molar-refractivity contribution in [3.05, 3.63) is 0 Å². The number of likely N-dealkylation sites (tertiary alicyclic amines) is 1. The monoisotopic (exact) mass is 221 g/mol. The van der Waals surface area contributed by atoms with E-state index in [1.165, 1.54) is 0 Å². The standard InChI is InChI=1S/C10H17F2NO2/c1-2-15-10(14)8-4-3-5-13(6-8)7-9(11)12/h8-9H,2-7H2,1H3/t8-/m0/s1. The first-order chi connectivity index (χ1) is 7.13. The van der Waals surface area contributed by atoms with Crippen LogP contribution in [0.15, 0.2) is 0 Å². The summed E-state index contributed by atoms with van der Waals surface area (Å²) < 4.78 is 29.2. The highest BCUT2D eigenvalue weighted by Crippen LogP contribution is 2.18. The van der Waals surface area contributed by atoms with Crippen LogP contribution in [0.2, 0.25) is 0 Å². The second kappa shape index (κ2) is 6.00. The van der Waals surface area contributed by atoms with Gasteiger partial charge in [-0.15, -0.1) is 0 Å². The summed E-state index contributed by atoms with van der Waals surface area (Å²) in [6.45, 7) is 2.92. The van der Waals surface area contributed by atoms with Gasteiger partial charge in [0.15, 0.2) is 0 Å². The highest BCUT2D eigenvalue weighted by atomic mass is 19.3. The minimum absolute atomic E-state index is 0.225. The van der Waals surface area contributed by atoms with E-state index in [9.17, 15) is 13.6 Å². The summed E-state index contributed by atoms with van der Waals surface area (Å²) in [5.41, 5.74) is 0. The molecule has 5 heteroatoms. The first-order valence-corrected chi connectivity index (χ1v) is 5.30. The zero-order chi connectivity index (χ0) is 11.3. The smallest absolute Gasteiger partial charge is 0.310 e. The number of ether oxygens (including phenoxy) is 1. The van der Waals surface area contributed by atoms with Crippen molar-refractivity contribution in [1.82, 2.24) is 4.90 Å². The average molecular weight is 221 g/mol. The Balaban J connectivity index is 2.38. The molecule has 0 radical (unpaired) electrons. The van der Waals surface area contributed by atoms with Crippen molar-refractivity contribution in [2.45, 2.75) is 26.2 Å². The fraction of sp³-hybridized carbons (Fsp3) is 0.900. The fourth-order valence-electron chi connectivity index (χ4n) is 1.87. The van der Waals surface area contributed by atoms with Gasteiger partial charge in [0.25, 0.3) is 6.43 Å². The number of esters is 1. The molecule has 1 heterocycles. The summed E-state index contributed by atoms with van der Waals surface area (Å²) in [6, 6.07) is 0. The summed E-state index contributed by atoms with van der Waals surface area (Å²) in [4.78, 5) is 13.0. The molecular formula is C10H17F2NO2. The molecule has 0 aromatic carbocycles. The Hall–Kier alpha value is -0.710. The van der Waals surface area contributed by atoms with Crippen molar-refractivity contribution in [3.8, 4) is 0 Å². The van der Waals surface area contributed by atoms with Crippen molar-refractivity contribution < 1.29 is 18.3 Å². The van der Waals surface area contributed by atoms with E-state index in [-0.39, 0.29) is 18.4 Å². The SMILES string of the molecule is CCOC(=O)[C@H]1CCCN(CC(F)F)C1. The first kappa shape index (κ1) is 12.4. The lowest BCUT2D eigenvalue weighted by Gasteiger charge is -2.30. The number of carbonyl (C=O) groups is 1. The van der Waals surface area contributed by atoms with Crippen LogP contribution in [-0.2, 0) is 9.53 Å². The molecule has 0 N–H and O–H groups in total. The van der Waals surface area contributed by atoms with Gasteiger partial charge in [-0.2, -0.15) is 0 Å². The summed E-state index contributed by atoms with van der Waals surface area (Å²) in [5.74, 6) is -0.478. The number of nitrogens with zero attached hydrogens (tertiary/aromatic N) is 1. The fourth-order valence-corrected chi connectivity index (χ4v) is 1.87. The van der Waals surface area contributed by atoms with Gasteiger partial charge in [-0.05, 0) is 26.3 Å². The van der Waals surface area contributed by atoms with Crippen molar-refractivity contribution in [2.24, 2.45) is 5.92 Å². The van der Waals surface area contributed by atoms with Crippen molar-refractivity contribution in [1.29, 1.82) is 0 Å². The molecule has 0 aromatic heterocycles. The number of hydrogen-bond acceptors (Lipinski definition) is 3. The molecule has 1 aliphatic rings. The quantitative estimate of drug-likeness (QED) is 0.674. The maximum atomic E-state index is 12.1. The Morgan fingerprint density at radius 2 is 2.33 bits per heavy atom. The van der Waals surface area contributed by atoms with Crippen LogP contribution in [0.25, 0.3) is 0 Å². The molecule has 0 amide bonds. The molecule has 1 atom stereocenters. The molecule has 1 aliphatic heterocycles. The third kappa shape index (κ3) is 4.11. The van der Waals surface area contributed by atoms with E-state index < -0.39 is 6.43 Å². The third-order valence-electron chi connectivity index (χ3n) is 2.52. The predicted octanol–water partition coefficient (Wildman–Crippen LogP) is 1.53.